The molecular weight excluding hydrogens is 533 g/mol. The highest BCUT2D eigenvalue weighted by Crippen LogP contribution is 2.41. The molecule has 3 atom stereocenters. The van der Waals surface area contributed by atoms with E-state index in [1.807, 2.05) is 17.0 Å². The van der Waals surface area contributed by atoms with Gasteiger partial charge in [0.25, 0.3) is 0 Å². The molecule has 42 heavy (non-hydrogen) atoms. The zero-order chi connectivity index (χ0) is 29.4. The summed E-state index contributed by atoms with van der Waals surface area (Å²) in [5.41, 5.74) is 3.63. The first-order valence-electron chi connectivity index (χ1n) is 14.8. The fourth-order valence-electron chi connectivity index (χ4n) is 6.75. The third kappa shape index (κ3) is 5.07. The smallest absolute Gasteiger partial charge is 0.319 e. The highest BCUT2D eigenvalue weighted by Gasteiger charge is 2.32. The van der Waals surface area contributed by atoms with Crippen LogP contribution in [-0.2, 0) is 11.2 Å². The molecule has 1 unspecified atom stereocenters. The summed E-state index contributed by atoms with van der Waals surface area (Å²) in [5, 5.41) is 9.95. The molecule has 2 aliphatic heterocycles. The lowest BCUT2D eigenvalue weighted by molar-refractivity contribution is -0.128. The van der Waals surface area contributed by atoms with Gasteiger partial charge in [0, 0.05) is 37.4 Å². The van der Waals surface area contributed by atoms with E-state index in [1.165, 1.54) is 11.6 Å². The minimum atomic E-state index is -0.500. The first-order valence-corrected chi connectivity index (χ1v) is 14.8. The van der Waals surface area contributed by atoms with Crippen molar-refractivity contribution < 1.29 is 13.9 Å². The number of piperazine rings is 1. The highest BCUT2D eigenvalue weighted by molar-refractivity contribution is 5.93. The Morgan fingerprint density at radius 1 is 1.24 bits per heavy atom. The van der Waals surface area contributed by atoms with Gasteiger partial charge in [-0.25, -0.2) is 4.39 Å². The SMILES string of the molecule is C=CC(=O)N1CCN(c2nc(OC[C@@H]3CCCN3C)nc3c(F)c(-c4cccc5c4C(C)CC5)ncc23)C[C@@H]1CC#N. The summed E-state index contributed by atoms with van der Waals surface area (Å²) in [7, 11) is 2.07. The van der Waals surface area contributed by atoms with E-state index in [0.717, 1.165) is 43.4 Å². The second kappa shape index (κ2) is 11.6. The normalized spacial score (nSPS) is 22.3. The average Bonchev–Trinajstić information content (AvgIpc) is 3.60. The monoisotopic (exact) mass is 569 g/mol. The number of carbonyl (C=O) groups excluding carboxylic acids is 1. The van der Waals surface area contributed by atoms with Crippen LogP contribution >= 0.6 is 0 Å². The minimum absolute atomic E-state index is 0.113. The van der Waals surface area contributed by atoms with E-state index in [2.05, 4.69) is 47.6 Å². The summed E-state index contributed by atoms with van der Waals surface area (Å²) >= 11 is 0. The molecule has 4 heterocycles. The van der Waals surface area contributed by atoms with E-state index < -0.39 is 5.82 Å². The summed E-state index contributed by atoms with van der Waals surface area (Å²) in [6, 6.07) is 8.21. The summed E-state index contributed by atoms with van der Waals surface area (Å²) in [4.78, 5) is 32.4. The number of rotatable bonds is 7. The summed E-state index contributed by atoms with van der Waals surface area (Å²) in [6.45, 7) is 8.39. The third-order valence-corrected chi connectivity index (χ3v) is 9.08. The number of hydrogen-bond acceptors (Lipinski definition) is 8. The van der Waals surface area contributed by atoms with Gasteiger partial charge >= 0.3 is 6.01 Å². The van der Waals surface area contributed by atoms with E-state index in [4.69, 9.17) is 9.72 Å². The number of hydrogen-bond donors (Lipinski definition) is 0. The second-order valence-corrected chi connectivity index (χ2v) is 11.6. The minimum Gasteiger partial charge on any atom is -0.462 e. The maximum atomic E-state index is 16.5. The van der Waals surface area contributed by atoms with Gasteiger partial charge in [-0.05, 0) is 62.4 Å². The molecule has 6 rings (SSSR count). The molecule has 0 spiro atoms. The van der Waals surface area contributed by atoms with Crippen molar-refractivity contribution in [1.29, 1.82) is 5.26 Å². The van der Waals surface area contributed by atoms with Crippen LogP contribution in [-0.4, -0.2) is 82.6 Å². The van der Waals surface area contributed by atoms with Crippen LogP contribution in [0.3, 0.4) is 0 Å². The Balaban J connectivity index is 1.43. The van der Waals surface area contributed by atoms with Gasteiger partial charge in [0.2, 0.25) is 5.91 Å². The molecule has 0 bridgehead atoms. The van der Waals surface area contributed by atoms with E-state index in [9.17, 15) is 10.1 Å². The fourth-order valence-corrected chi connectivity index (χ4v) is 6.75. The number of benzene rings is 1. The zero-order valence-electron chi connectivity index (χ0n) is 24.2. The Morgan fingerprint density at radius 2 is 2.10 bits per heavy atom. The molecule has 1 aliphatic carbocycles. The molecule has 3 aromatic rings. The van der Waals surface area contributed by atoms with Crippen molar-refractivity contribution in [2.45, 2.75) is 57.0 Å². The van der Waals surface area contributed by atoms with Crippen molar-refractivity contribution in [2.75, 3.05) is 44.7 Å². The number of amides is 1. The van der Waals surface area contributed by atoms with E-state index in [0.29, 0.717) is 43.4 Å². The molecule has 9 nitrogen and oxygen atoms in total. The quantitative estimate of drug-likeness (QED) is 0.385. The number of ether oxygens (including phenoxy) is 1. The van der Waals surface area contributed by atoms with Gasteiger partial charge in [0.05, 0.1) is 23.9 Å². The molecule has 2 aromatic heterocycles. The van der Waals surface area contributed by atoms with Crippen LogP contribution in [0, 0.1) is 17.1 Å². The van der Waals surface area contributed by atoms with Gasteiger partial charge in [-0.15, -0.1) is 0 Å². The Labute approximate surface area is 245 Å². The lowest BCUT2D eigenvalue weighted by Gasteiger charge is -2.41. The molecule has 218 valence electrons. The van der Waals surface area contributed by atoms with Crippen LogP contribution in [0.5, 0.6) is 6.01 Å². The molecule has 1 aromatic carbocycles. The Hall–Kier alpha value is -4.10. The number of aromatic nitrogens is 3. The van der Waals surface area contributed by atoms with Gasteiger partial charge in [-0.1, -0.05) is 31.7 Å². The number of carbonyl (C=O) groups is 1. The summed E-state index contributed by atoms with van der Waals surface area (Å²) in [5.74, 6) is 0.102. The molecule has 0 N–H and O–H groups in total. The van der Waals surface area contributed by atoms with Crippen LogP contribution in [0.25, 0.3) is 22.2 Å². The Morgan fingerprint density at radius 3 is 2.86 bits per heavy atom. The maximum Gasteiger partial charge on any atom is 0.319 e. The second-order valence-electron chi connectivity index (χ2n) is 11.6. The molecule has 3 aliphatic rings. The topological polar surface area (TPSA) is 98.5 Å². The van der Waals surface area contributed by atoms with Crippen LogP contribution in [0.1, 0.15) is 49.7 Å². The summed E-state index contributed by atoms with van der Waals surface area (Å²) in [6.07, 6.45) is 7.21. The molecule has 2 fully saturated rings. The Bertz CT molecular complexity index is 1570. The number of pyridine rings is 1. The zero-order valence-corrected chi connectivity index (χ0v) is 24.2. The fraction of sp³-hybridized carbons (Fsp3) is 0.469. The van der Waals surface area contributed by atoms with E-state index in [1.54, 1.807) is 11.1 Å². The van der Waals surface area contributed by atoms with E-state index in [-0.39, 0.29) is 41.6 Å². The lowest BCUT2D eigenvalue weighted by atomic mass is 9.94. The van der Waals surface area contributed by atoms with Gasteiger partial charge in [0.1, 0.15) is 23.6 Å². The number of fused-ring (bicyclic) bond motifs is 2. The van der Waals surface area contributed by atoms with Gasteiger partial charge < -0.3 is 19.4 Å². The van der Waals surface area contributed by atoms with Crippen LogP contribution in [0.15, 0.2) is 37.1 Å². The first-order chi connectivity index (χ1) is 20.4. The van der Waals surface area contributed by atoms with Gasteiger partial charge in [-0.3, -0.25) is 9.78 Å². The molecule has 10 heteroatoms. The van der Waals surface area contributed by atoms with Gasteiger partial charge in [-0.2, -0.15) is 15.2 Å². The van der Waals surface area contributed by atoms with Crippen LogP contribution in [0.2, 0.25) is 0 Å². The molecule has 0 radical (unpaired) electrons. The van der Waals surface area contributed by atoms with E-state index >= 15 is 4.39 Å². The van der Waals surface area contributed by atoms with Crippen molar-refractivity contribution >= 4 is 22.6 Å². The number of nitriles is 1. The summed E-state index contributed by atoms with van der Waals surface area (Å²) < 4.78 is 22.7. The standard InChI is InChI=1S/C32H36FN7O2/c1-4-26(41)40-16-15-39(18-22(40)12-13-34)31-25-17-35-29(24-9-5-7-21-11-10-20(2)27(21)24)28(33)30(25)36-32(37-31)42-19-23-8-6-14-38(23)3/h4-5,7,9,17,20,22-23H,1,6,8,10-12,14-16,18-19H2,2-3H3/t20?,22-,23-/m0/s1. The largest absolute Gasteiger partial charge is 0.462 e. The van der Waals surface area contributed by atoms with Crippen molar-refractivity contribution in [3.05, 3.63) is 54.0 Å². The highest BCUT2D eigenvalue weighted by atomic mass is 19.1. The predicted octanol–water partition coefficient (Wildman–Crippen LogP) is 4.47. The van der Waals surface area contributed by atoms with Crippen LogP contribution < -0.4 is 9.64 Å². The number of halogens is 1. The third-order valence-electron chi connectivity index (χ3n) is 9.08. The predicted molar refractivity (Wildman–Crippen MR) is 159 cm³/mol. The number of anilines is 1. The maximum absolute atomic E-state index is 16.5. The van der Waals surface area contributed by atoms with Crippen molar-refractivity contribution in [3.8, 4) is 23.3 Å². The number of likely N-dealkylation sites (N-methyl/N-ethyl adjacent to an activating group) is 1. The first kappa shape index (κ1) is 28.0. The van der Waals surface area contributed by atoms with Crippen molar-refractivity contribution in [1.82, 2.24) is 24.8 Å². The van der Waals surface area contributed by atoms with Crippen molar-refractivity contribution in [3.63, 3.8) is 0 Å². The number of nitrogens with zero attached hydrogens (tertiary/aromatic N) is 7. The van der Waals surface area contributed by atoms with Crippen LogP contribution in [0.4, 0.5) is 10.2 Å². The molecule has 1 amide bonds. The number of aryl methyl sites for hydroxylation is 1. The van der Waals surface area contributed by atoms with Gasteiger partial charge in [0.15, 0.2) is 5.82 Å². The Kier molecular flexibility index (Phi) is 7.78. The molecule has 2 saturated heterocycles. The number of likely N-dealkylation sites (tertiary alicyclic amines) is 1. The molecular formula is C32H36FN7O2. The average molecular weight is 570 g/mol. The van der Waals surface area contributed by atoms with Crippen molar-refractivity contribution in [2.24, 2.45) is 0 Å². The lowest BCUT2D eigenvalue weighted by Crippen LogP contribution is -2.55. The molecule has 0 saturated carbocycles.